The van der Waals surface area contributed by atoms with Gasteiger partial charge < -0.3 is 0 Å². The highest BCUT2D eigenvalue weighted by Crippen LogP contribution is 2.04. The summed E-state index contributed by atoms with van der Waals surface area (Å²) in [7, 11) is 1.32. The normalized spacial score (nSPS) is 8.50. The Morgan fingerprint density at radius 3 is 1.75 bits per heavy atom. The minimum atomic E-state index is -0.685. The molecule has 0 unspecified atom stereocenters. The van der Waals surface area contributed by atoms with Crippen LogP contribution in [0.5, 0.6) is 0 Å². The van der Waals surface area contributed by atoms with Crippen molar-refractivity contribution in [1.82, 2.24) is 8.36 Å². The summed E-state index contributed by atoms with van der Waals surface area (Å²) in [6, 6.07) is -0.685. The van der Waals surface area contributed by atoms with Gasteiger partial charge in [0, 0.05) is 42.4 Å². The highest BCUT2D eigenvalue weighted by atomic mass is 35.5. The zero-order valence-corrected chi connectivity index (χ0v) is 6.20. The Morgan fingerprint density at radius 1 is 1.38 bits per heavy atom. The molecule has 0 aromatic rings. The number of carbonyl (C=O) groups excluding carboxylic acids is 1. The van der Waals surface area contributed by atoms with Gasteiger partial charge in [-0.25, -0.2) is 9.21 Å². The average Bonchev–Trinajstić information content (AvgIpc) is 1.64. The Hall–Kier alpha value is 0.140. The van der Waals surface area contributed by atoms with E-state index in [1.54, 1.807) is 0 Å². The first kappa shape index (κ1) is 8.14. The van der Waals surface area contributed by atoms with Crippen LogP contribution in [0, 0.1) is 0 Å². The number of nitrogens with zero attached hydrogens (tertiary/aromatic N) is 2. The summed E-state index contributed by atoms with van der Waals surface area (Å²) in [5.74, 6) is 0. The molecule has 0 aliphatic rings. The van der Waals surface area contributed by atoms with Gasteiger partial charge in [-0.1, -0.05) is 0 Å². The van der Waals surface area contributed by atoms with Crippen molar-refractivity contribution in [3.8, 4) is 0 Å². The Kier molecular flexibility index (Phi) is 3.28. The van der Waals surface area contributed by atoms with E-state index >= 15 is 0 Å². The summed E-state index contributed by atoms with van der Waals surface area (Å²) < 4.78 is 1.08. The Bertz CT molecular complexity index is 83.3. The quantitative estimate of drug-likeness (QED) is 0.518. The molecule has 0 rings (SSSR count). The van der Waals surface area contributed by atoms with Gasteiger partial charge in [0.05, 0.1) is 0 Å². The van der Waals surface area contributed by atoms with E-state index in [1.165, 1.54) is 7.05 Å². The maximum atomic E-state index is 10.3. The van der Waals surface area contributed by atoms with E-state index in [4.69, 9.17) is 35.3 Å². The predicted octanol–water partition coefficient (Wildman–Crippen LogP) is 1.80. The van der Waals surface area contributed by atoms with Crippen molar-refractivity contribution in [3.05, 3.63) is 0 Å². The molecule has 0 spiro atoms. The predicted molar refractivity (Wildman–Crippen MR) is 32.6 cm³/mol. The molecule has 0 fully saturated rings. The fourth-order valence-corrected chi connectivity index (χ4v) is 0.484. The first-order chi connectivity index (χ1) is 3.55. The van der Waals surface area contributed by atoms with Crippen LogP contribution in [0.4, 0.5) is 4.79 Å². The van der Waals surface area contributed by atoms with E-state index in [1.807, 2.05) is 0 Å². The second kappa shape index (κ2) is 3.22. The molecule has 0 aromatic carbocycles. The molecule has 0 atom stereocenters. The fourth-order valence-electron chi connectivity index (χ4n) is 0.104. The van der Waals surface area contributed by atoms with E-state index in [9.17, 15) is 4.79 Å². The molecule has 0 saturated heterocycles. The number of hydrogen-bond donors (Lipinski definition) is 0. The van der Waals surface area contributed by atoms with Gasteiger partial charge in [0.2, 0.25) is 0 Å². The van der Waals surface area contributed by atoms with Gasteiger partial charge in [-0.2, -0.15) is 0 Å². The molecule has 3 nitrogen and oxygen atoms in total. The lowest BCUT2D eigenvalue weighted by Gasteiger charge is -2.07. The summed E-state index contributed by atoms with van der Waals surface area (Å²) in [5.41, 5.74) is 0. The Balaban J connectivity index is 3.65. The molecule has 0 heterocycles. The summed E-state index contributed by atoms with van der Waals surface area (Å²) in [4.78, 5) is 10.3. The van der Waals surface area contributed by atoms with Gasteiger partial charge in [0.15, 0.2) is 0 Å². The standard InChI is InChI=1S/C2H3Cl3N2O/c1-6(3)2(8)7(4)5/h1H3. The number of rotatable bonds is 0. The van der Waals surface area contributed by atoms with Crippen molar-refractivity contribution >= 4 is 41.4 Å². The SMILES string of the molecule is CN(Cl)C(=O)N(Cl)Cl. The van der Waals surface area contributed by atoms with E-state index in [0.717, 1.165) is 4.42 Å². The Morgan fingerprint density at radius 2 is 1.75 bits per heavy atom. The third-order valence-electron chi connectivity index (χ3n) is 0.408. The molecule has 0 aliphatic carbocycles. The molecule has 0 radical (unpaired) electrons. The van der Waals surface area contributed by atoms with Crippen molar-refractivity contribution in [3.63, 3.8) is 0 Å². The number of hydrogen-bond acceptors (Lipinski definition) is 1. The number of amides is 2. The van der Waals surface area contributed by atoms with Crippen LogP contribution in [0.3, 0.4) is 0 Å². The molecular weight excluding hydrogens is 174 g/mol. The van der Waals surface area contributed by atoms with Gasteiger partial charge in [-0.15, -0.1) is 3.94 Å². The first-order valence-electron chi connectivity index (χ1n) is 1.61. The van der Waals surface area contributed by atoms with Crippen LogP contribution >= 0.6 is 35.3 Å². The number of urea groups is 1. The van der Waals surface area contributed by atoms with Crippen LogP contribution in [-0.4, -0.2) is 21.4 Å². The van der Waals surface area contributed by atoms with Gasteiger partial charge >= 0.3 is 6.03 Å². The van der Waals surface area contributed by atoms with Gasteiger partial charge in [0.1, 0.15) is 0 Å². The Labute approximate surface area is 62.0 Å². The zero-order valence-electron chi connectivity index (χ0n) is 3.94. The smallest absolute Gasteiger partial charge is 0.244 e. The van der Waals surface area contributed by atoms with Crippen LogP contribution in [0.15, 0.2) is 0 Å². The van der Waals surface area contributed by atoms with Crippen LogP contribution < -0.4 is 0 Å². The minimum Gasteiger partial charge on any atom is -0.244 e. The number of halogens is 3. The van der Waals surface area contributed by atoms with Crippen LogP contribution in [0.25, 0.3) is 0 Å². The molecule has 0 aliphatic heterocycles. The van der Waals surface area contributed by atoms with E-state index in [2.05, 4.69) is 0 Å². The highest BCUT2D eigenvalue weighted by Gasteiger charge is 2.10. The summed E-state index contributed by atoms with van der Waals surface area (Å²) >= 11 is 15.0. The third-order valence-corrected chi connectivity index (χ3v) is 0.842. The van der Waals surface area contributed by atoms with Crippen LogP contribution in [-0.2, 0) is 0 Å². The van der Waals surface area contributed by atoms with Gasteiger partial charge in [-0.05, 0) is 0 Å². The van der Waals surface area contributed by atoms with Crippen molar-refractivity contribution < 1.29 is 4.79 Å². The lowest BCUT2D eigenvalue weighted by Crippen LogP contribution is -2.22. The van der Waals surface area contributed by atoms with E-state index < -0.39 is 6.03 Å². The lowest BCUT2D eigenvalue weighted by atomic mass is 11.0. The fraction of sp³-hybridized carbons (Fsp3) is 0.500. The molecule has 8 heavy (non-hydrogen) atoms. The van der Waals surface area contributed by atoms with Gasteiger partial charge in [-0.3, -0.25) is 0 Å². The van der Waals surface area contributed by atoms with Gasteiger partial charge in [0.25, 0.3) is 0 Å². The molecule has 0 N–H and O–H groups in total. The second-order valence-corrected chi connectivity index (χ2v) is 2.35. The highest BCUT2D eigenvalue weighted by molar-refractivity contribution is 6.42. The molecule has 48 valence electrons. The van der Waals surface area contributed by atoms with Crippen LogP contribution in [0.2, 0.25) is 0 Å². The third kappa shape index (κ3) is 2.45. The lowest BCUT2D eigenvalue weighted by molar-refractivity contribution is 0.224. The number of carbonyl (C=O) groups is 1. The zero-order chi connectivity index (χ0) is 6.73. The largest absolute Gasteiger partial charge is 0.364 e. The van der Waals surface area contributed by atoms with E-state index in [0.29, 0.717) is 3.94 Å². The molecule has 0 bridgehead atoms. The van der Waals surface area contributed by atoms with Crippen molar-refractivity contribution in [2.75, 3.05) is 7.05 Å². The minimum absolute atomic E-state index is 0.340. The molecule has 0 aromatic heterocycles. The average molecular weight is 177 g/mol. The second-order valence-electron chi connectivity index (χ2n) is 0.993. The van der Waals surface area contributed by atoms with E-state index in [-0.39, 0.29) is 0 Å². The molecule has 2 amide bonds. The molecular formula is C2H3Cl3N2O. The summed E-state index contributed by atoms with van der Waals surface area (Å²) in [5, 5.41) is 0. The molecule has 6 heteroatoms. The summed E-state index contributed by atoms with van der Waals surface area (Å²) in [6.07, 6.45) is 0. The van der Waals surface area contributed by atoms with Crippen molar-refractivity contribution in [2.24, 2.45) is 0 Å². The maximum absolute atomic E-state index is 10.3. The molecule has 0 saturated carbocycles. The van der Waals surface area contributed by atoms with Crippen LogP contribution in [0.1, 0.15) is 0 Å². The van der Waals surface area contributed by atoms with Crippen molar-refractivity contribution in [2.45, 2.75) is 0 Å². The first-order valence-corrected chi connectivity index (χ1v) is 2.62. The maximum Gasteiger partial charge on any atom is 0.364 e. The summed E-state index contributed by atoms with van der Waals surface area (Å²) in [6.45, 7) is 0. The monoisotopic (exact) mass is 176 g/mol. The van der Waals surface area contributed by atoms with Crippen molar-refractivity contribution in [1.29, 1.82) is 0 Å². The topological polar surface area (TPSA) is 23.6 Å².